The molecule has 0 amide bonds. The highest BCUT2D eigenvalue weighted by Crippen LogP contribution is 2.38. The van der Waals surface area contributed by atoms with Crippen LogP contribution in [0.3, 0.4) is 0 Å². The zero-order valence-electron chi connectivity index (χ0n) is 12.1. The predicted octanol–water partition coefficient (Wildman–Crippen LogP) is 2.44. The molecule has 1 aliphatic heterocycles. The van der Waals surface area contributed by atoms with Crippen LogP contribution in [0.25, 0.3) is 0 Å². The molecule has 1 N–H and O–H groups in total. The van der Waals surface area contributed by atoms with Gasteiger partial charge in [0.25, 0.3) is 0 Å². The average Bonchev–Trinajstić information content (AvgIpc) is 3.02. The minimum atomic E-state index is -0.318. The van der Waals surface area contributed by atoms with Crippen molar-refractivity contribution < 1.29 is 14.6 Å². The van der Waals surface area contributed by atoms with Crippen LogP contribution in [-0.4, -0.2) is 42.3 Å². The number of aliphatic hydroxyl groups excluding tert-OH is 1. The first-order valence-electron chi connectivity index (χ1n) is 7.35. The Morgan fingerprint density at radius 1 is 1.43 bits per heavy atom. The van der Waals surface area contributed by atoms with Crippen LogP contribution in [0.4, 0.5) is 0 Å². The monoisotopic (exact) mass is 353 g/mol. The second-order valence-electron chi connectivity index (χ2n) is 6.06. The van der Waals surface area contributed by atoms with Gasteiger partial charge in [-0.3, -0.25) is 4.90 Å². The summed E-state index contributed by atoms with van der Waals surface area (Å²) in [5, 5.41) is 9.98. The number of fused-ring (bicyclic) bond motifs is 1. The predicted molar refractivity (Wildman–Crippen MR) is 83.0 cm³/mol. The summed E-state index contributed by atoms with van der Waals surface area (Å²) >= 11 is 3.54. The Bertz CT molecular complexity index is 548. The number of halogens is 1. The highest BCUT2D eigenvalue weighted by Gasteiger charge is 2.41. The van der Waals surface area contributed by atoms with Crippen molar-refractivity contribution in [1.82, 2.24) is 4.90 Å². The second-order valence-corrected chi connectivity index (χ2v) is 6.91. The van der Waals surface area contributed by atoms with Crippen molar-refractivity contribution in [1.29, 1.82) is 0 Å². The summed E-state index contributed by atoms with van der Waals surface area (Å²) in [6.45, 7) is 2.88. The molecule has 5 heteroatoms. The molecule has 21 heavy (non-hydrogen) atoms. The van der Waals surface area contributed by atoms with Gasteiger partial charge in [0.1, 0.15) is 0 Å². The molecule has 1 saturated carbocycles. The number of carbonyl (C=O) groups is 1. The normalized spacial score (nSPS) is 28.6. The van der Waals surface area contributed by atoms with Gasteiger partial charge >= 0.3 is 5.97 Å². The molecule has 0 radical (unpaired) electrons. The van der Waals surface area contributed by atoms with Crippen molar-refractivity contribution in [2.75, 3.05) is 20.2 Å². The molecule has 0 bridgehead atoms. The number of likely N-dealkylation sites (tertiary alicyclic amines) is 1. The number of hydrogen-bond acceptors (Lipinski definition) is 4. The minimum Gasteiger partial charge on any atom is -0.465 e. The maximum absolute atomic E-state index is 11.5. The Kier molecular flexibility index (Phi) is 4.33. The zero-order chi connectivity index (χ0) is 15.0. The molecule has 1 saturated heterocycles. The third-order valence-corrected chi connectivity index (χ3v) is 5.50. The lowest BCUT2D eigenvalue weighted by Gasteiger charge is -2.19. The summed E-state index contributed by atoms with van der Waals surface area (Å²) < 4.78 is 5.66. The fourth-order valence-corrected chi connectivity index (χ4v) is 4.12. The van der Waals surface area contributed by atoms with Crippen LogP contribution >= 0.6 is 15.9 Å². The maximum atomic E-state index is 11.5. The molecule has 3 unspecified atom stereocenters. The van der Waals surface area contributed by atoms with Crippen LogP contribution in [0.5, 0.6) is 0 Å². The third-order valence-electron chi connectivity index (χ3n) is 4.76. The third kappa shape index (κ3) is 3.00. The Labute approximate surface area is 133 Å². The first-order chi connectivity index (χ1) is 10.1. The van der Waals surface area contributed by atoms with E-state index in [2.05, 4.69) is 20.8 Å². The number of benzene rings is 1. The number of aliphatic hydroxyl groups is 1. The van der Waals surface area contributed by atoms with E-state index in [1.807, 2.05) is 12.1 Å². The molecule has 1 aromatic carbocycles. The number of rotatable bonds is 3. The molecular weight excluding hydrogens is 334 g/mol. The highest BCUT2D eigenvalue weighted by molar-refractivity contribution is 9.10. The fraction of sp³-hybridized carbons (Fsp3) is 0.562. The van der Waals surface area contributed by atoms with E-state index in [1.54, 1.807) is 6.07 Å². The standard InChI is InChI=1S/C16H20BrNO3/c1-21-16(20)10-2-3-12(14(17)6-10)8-18-7-11-4-5-15(19)13(11)9-18/h2-3,6,11,13,15,19H,4-5,7-9H2,1H3. The topological polar surface area (TPSA) is 49.8 Å². The summed E-state index contributed by atoms with van der Waals surface area (Å²) in [7, 11) is 1.39. The van der Waals surface area contributed by atoms with Crippen LogP contribution in [0.2, 0.25) is 0 Å². The van der Waals surface area contributed by atoms with Gasteiger partial charge in [0, 0.05) is 30.0 Å². The highest BCUT2D eigenvalue weighted by atomic mass is 79.9. The summed E-state index contributed by atoms with van der Waals surface area (Å²) in [5.41, 5.74) is 1.72. The quantitative estimate of drug-likeness (QED) is 0.848. The Morgan fingerprint density at radius 2 is 2.24 bits per heavy atom. The van der Waals surface area contributed by atoms with Gasteiger partial charge in [-0.1, -0.05) is 22.0 Å². The van der Waals surface area contributed by atoms with E-state index in [0.717, 1.165) is 42.5 Å². The fourth-order valence-electron chi connectivity index (χ4n) is 3.62. The molecule has 0 spiro atoms. The van der Waals surface area contributed by atoms with Gasteiger partial charge in [-0.05, 0) is 36.5 Å². The van der Waals surface area contributed by atoms with Crippen LogP contribution in [0.1, 0.15) is 28.8 Å². The largest absolute Gasteiger partial charge is 0.465 e. The van der Waals surface area contributed by atoms with Gasteiger partial charge in [-0.25, -0.2) is 4.79 Å². The molecule has 4 nitrogen and oxygen atoms in total. The molecule has 3 atom stereocenters. The van der Waals surface area contributed by atoms with Crippen molar-refractivity contribution >= 4 is 21.9 Å². The van der Waals surface area contributed by atoms with E-state index in [0.29, 0.717) is 17.4 Å². The number of hydrogen-bond donors (Lipinski definition) is 1. The Hall–Kier alpha value is -0.910. The lowest BCUT2D eigenvalue weighted by Crippen LogP contribution is -2.24. The summed E-state index contributed by atoms with van der Waals surface area (Å²) in [6, 6.07) is 5.59. The maximum Gasteiger partial charge on any atom is 0.337 e. The van der Waals surface area contributed by atoms with Crippen LogP contribution in [-0.2, 0) is 11.3 Å². The van der Waals surface area contributed by atoms with Crippen molar-refractivity contribution in [3.63, 3.8) is 0 Å². The van der Waals surface area contributed by atoms with E-state index < -0.39 is 0 Å². The lowest BCUT2D eigenvalue weighted by molar-refractivity contribution is 0.0600. The SMILES string of the molecule is COC(=O)c1ccc(CN2CC3CCC(O)C3C2)c(Br)c1. The molecule has 1 aliphatic carbocycles. The number of methoxy groups -OCH3 is 1. The lowest BCUT2D eigenvalue weighted by atomic mass is 10.00. The molecular formula is C16H20BrNO3. The second kappa shape index (κ2) is 6.07. The van der Waals surface area contributed by atoms with Crippen molar-refractivity contribution in [2.45, 2.75) is 25.5 Å². The molecule has 0 aromatic heterocycles. The number of carbonyl (C=O) groups excluding carboxylic acids is 1. The Balaban J connectivity index is 1.67. The van der Waals surface area contributed by atoms with Crippen molar-refractivity contribution in [3.8, 4) is 0 Å². The van der Waals surface area contributed by atoms with Gasteiger partial charge in [0.2, 0.25) is 0 Å². The number of esters is 1. The van der Waals surface area contributed by atoms with E-state index in [-0.39, 0.29) is 12.1 Å². The number of ether oxygens (including phenoxy) is 1. The molecule has 114 valence electrons. The van der Waals surface area contributed by atoms with E-state index >= 15 is 0 Å². The molecule has 2 fully saturated rings. The van der Waals surface area contributed by atoms with Gasteiger partial charge in [-0.15, -0.1) is 0 Å². The van der Waals surface area contributed by atoms with E-state index in [1.165, 1.54) is 7.11 Å². The van der Waals surface area contributed by atoms with Crippen LogP contribution in [0.15, 0.2) is 22.7 Å². The van der Waals surface area contributed by atoms with Crippen LogP contribution < -0.4 is 0 Å². The number of nitrogens with zero attached hydrogens (tertiary/aromatic N) is 1. The minimum absolute atomic E-state index is 0.120. The van der Waals surface area contributed by atoms with E-state index in [9.17, 15) is 9.90 Å². The molecule has 1 heterocycles. The van der Waals surface area contributed by atoms with Crippen LogP contribution in [0, 0.1) is 11.8 Å². The summed E-state index contributed by atoms with van der Waals surface area (Å²) in [4.78, 5) is 13.9. The zero-order valence-corrected chi connectivity index (χ0v) is 13.7. The van der Waals surface area contributed by atoms with Crippen molar-refractivity contribution in [2.24, 2.45) is 11.8 Å². The molecule has 2 aliphatic rings. The Morgan fingerprint density at radius 3 is 2.90 bits per heavy atom. The first-order valence-corrected chi connectivity index (χ1v) is 8.15. The molecule has 3 rings (SSSR count). The van der Waals surface area contributed by atoms with Gasteiger partial charge in [-0.2, -0.15) is 0 Å². The van der Waals surface area contributed by atoms with Gasteiger partial charge in [0.15, 0.2) is 0 Å². The van der Waals surface area contributed by atoms with Gasteiger partial charge in [0.05, 0.1) is 18.8 Å². The van der Waals surface area contributed by atoms with E-state index in [4.69, 9.17) is 4.74 Å². The molecule has 1 aromatic rings. The summed E-state index contributed by atoms with van der Waals surface area (Å²) in [5.74, 6) is 0.771. The van der Waals surface area contributed by atoms with Gasteiger partial charge < -0.3 is 9.84 Å². The average molecular weight is 354 g/mol. The van der Waals surface area contributed by atoms with Crippen molar-refractivity contribution in [3.05, 3.63) is 33.8 Å². The summed E-state index contributed by atoms with van der Waals surface area (Å²) in [6.07, 6.45) is 1.98. The smallest absolute Gasteiger partial charge is 0.337 e. The first kappa shape index (κ1) is 15.0.